The molecule has 14 heavy (non-hydrogen) atoms. The lowest BCUT2D eigenvalue weighted by Gasteiger charge is -2.24. The van der Waals surface area contributed by atoms with Gasteiger partial charge in [-0.15, -0.1) is 0 Å². The van der Waals surface area contributed by atoms with Crippen LogP contribution in [-0.2, 0) is 9.47 Å². The minimum Gasteiger partial charge on any atom is -0.354 e. The third kappa shape index (κ3) is 2.78. The van der Waals surface area contributed by atoms with Crippen LogP contribution in [-0.4, -0.2) is 27.1 Å². The molecule has 0 amide bonds. The second-order valence-electron chi connectivity index (χ2n) is 2.93. The quantitative estimate of drug-likeness (QED) is 0.736. The van der Waals surface area contributed by atoms with Gasteiger partial charge in [0, 0.05) is 14.2 Å². The Morgan fingerprint density at radius 2 is 2.14 bits per heavy atom. The highest BCUT2D eigenvalue weighted by molar-refractivity contribution is 7.07. The van der Waals surface area contributed by atoms with E-state index in [-0.39, 0.29) is 12.3 Å². The Bertz CT molecular complexity index is 234. The molecule has 3 nitrogen and oxygen atoms in total. The van der Waals surface area contributed by atoms with Crippen molar-refractivity contribution in [2.45, 2.75) is 19.3 Å². The van der Waals surface area contributed by atoms with Crippen molar-refractivity contribution in [2.75, 3.05) is 20.8 Å². The monoisotopic (exact) mass is 215 g/mol. The number of likely N-dealkylation sites (N-methyl/N-ethyl adjacent to an activating group) is 1. The first kappa shape index (κ1) is 11.7. The number of hydrogen-bond donors (Lipinski definition) is 1. The fourth-order valence-corrected chi connectivity index (χ4v) is 2.11. The van der Waals surface area contributed by atoms with Crippen molar-refractivity contribution in [1.29, 1.82) is 0 Å². The molecule has 0 fully saturated rings. The van der Waals surface area contributed by atoms with Crippen LogP contribution in [0.3, 0.4) is 0 Å². The highest BCUT2D eigenvalue weighted by Gasteiger charge is 2.21. The molecule has 0 saturated carbocycles. The summed E-state index contributed by atoms with van der Waals surface area (Å²) in [7, 11) is 3.32. The summed E-state index contributed by atoms with van der Waals surface area (Å²) >= 11 is 1.68. The molecule has 1 rings (SSSR count). The van der Waals surface area contributed by atoms with E-state index in [1.165, 1.54) is 5.56 Å². The van der Waals surface area contributed by atoms with Crippen LogP contribution in [0, 0.1) is 0 Å². The van der Waals surface area contributed by atoms with E-state index < -0.39 is 0 Å². The fourth-order valence-electron chi connectivity index (χ4n) is 1.41. The lowest BCUT2D eigenvalue weighted by atomic mass is 10.1. The second-order valence-corrected chi connectivity index (χ2v) is 3.71. The van der Waals surface area contributed by atoms with E-state index in [4.69, 9.17) is 9.47 Å². The maximum atomic E-state index is 5.26. The number of ether oxygens (including phenoxy) is 2. The fraction of sp³-hybridized carbons (Fsp3) is 0.600. The molecule has 0 bridgehead atoms. The molecule has 1 heterocycles. The molecule has 0 aliphatic carbocycles. The van der Waals surface area contributed by atoms with Crippen LogP contribution >= 0.6 is 11.3 Å². The van der Waals surface area contributed by atoms with E-state index in [0.717, 1.165) is 6.54 Å². The molecular weight excluding hydrogens is 198 g/mol. The minimum atomic E-state index is -0.232. The lowest BCUT2D eigenvalue weighted by molar-refractivity contribution is -0.123. The van der Waals surface area contributed by atoms with Crippen molar-refractivity contribution >= 4 is 11.3 Å². The third-order valence-corrected chi connectivity index (χ3v) is 2.76. The number of hydrogen-bond acceptors (Lipinski definition) is 4. The van der Waals surface area contributed by atoms with Gasteiger partial charge in [0.25, 0.3) is 0 Å². The van der Waals surface area contributed by atoms with E-state index in [0.29, 0.717) is 0 Å². The molecule has 1 N–H and O–H groups in total. The first-order valence-corrected chi connectivity index (χ1v) is 5.58. The van der Waals surface area contributed by atoms with Gasteiger partial charge in [0.15, 0.2) is 6.29 Å². The number of rotatable bonds is 6. The van der Waals surface area contributed by atoms with E-state index in [1.54, 1.807) is 25.6 Å². The Hall–Kier alpha value is -0.420. The molecule has 1 aromatic heterocycles. The average molecular weight is 215 g/mol. The molecule has 1 aromatic rings. The summed E-state index contributed by atoms with van der Waals surface area (Å²) in [5.74, 6) is 0. The minimum absolute atomic E-state index is 0.112. The van der Waals surface area contributed by atoms with Crippen LogP contribution in [0.4, 0.5) is 0 Å². The normalized spacial score (nSPS) is 13.4. The molecule has 0 radical (unpaired) electrons. The Labute approximate surface area is 89.0 Å². The van der Waals surface area contributed by atoms with E-state index in [1.807, 2.05) is 0 Å². The maximum absolute atomic E-state index is 5.26. The summed E-state index contributed by atoms with van der Waals surface area (Å²) in [5, 5.41) is 7.51. The smallest absolute Gasteiger partial charge is 0.176 e. The van der Waals surface area contributed by atoms with Crippen molar-refractivity contribution in [1.82, 2.24) is 5.32 Å². The molecule has 1 unspecified atom stereocenters. The van der Waals surface area contributed by atoms with Crippen LogP contribution < -0.4 is 5.32 Å². The first-order chi connectivity index (χ1) is 6.83. The summed E-state index contributed by atoms with van der Waals surface area (Å²) in [4.78, 5) is 0. The van der Waals surface area contributed by atoms with E-state index >= 15 is 0 Å². The Morgan fingerprint density at radius 1 is 1.43 bits per heavy atom. The predicted octanol–water partition coefficient (Wildman–Crippen LogP) is 2.02. The summed E-state index contributed by atoms with van der Waals surface area (Å²) in [6.45, 7) is 2.96. The van der Waals surface area contributed by atoms with Gasteiger partial charge in [0.2, 0.25) is 0 Å². The molecule has 1 atom stereocenters. The molecule has 0 aliphatic heterocycles. The van der Waals surface area contributed by atoms with Gasteiger partial charge in [-0.3, -0.25) is 0 Å². The van der Waals surface area contributed by atoms with Crippen molar-refractivity contribution in [2.24, 2.45) is 0 Å². The summed E-state index contributed by atoms with van der Waals surface area (Å²) in [5.41, 5.74) is 1.21. The molecular formula is C10H17NO2S. The first-order valence-electron chi connectivity index (χ1n) is 4.64. The summed E-state index contributed by atoms with van der Waals surface area (Å²) in [6.07, 6.45) is -0.232. The van der Waals surface area contributed by atoms with Gasteiger partial charge in [0.1, 0.15) is 0 Å². The Kier molecular flexibility index (Phi) is 5.11. The van der Waals surface area contributed by atoms with E-state index in [2.05, 4.69) is 29.1 Å². The average Bonchev–Trinajstić information content (AvgIpc) is 2.71. The van der Waals surface area contributed by atoms with Crippen LogP contribution in [0.25, 0.3) is 0 Å². The molecule has 0 aliphatic rings. The van der Waals surface area contributed by atoms with Crippen LogP contribution in [0.2, 0.25) is 0 Å². The molecule has 0 spiro atoms. The number of methoxy groups -OCH3 is 2. The highest BCUT2D eigenvalue weighted by Crippen LogP contribution is 2.21. The second kappa shape index (κ2) is 6.14. The largest absolute Gasteiger partial charge is 0.354 e. The SMILES string of the molecule is CCNC(c1ccsc1)C(OC)OC. The van der Waals surface area contributed by atoms with Crippen molar-refractivity contribution in [3.05, 3.63) is 22.4 Å². The van der Waals surface area contributed by atoms with Crippen molar-refractivity contribution in [3.63, 3.8) is 0 Å². The van der Waals surface area contributed by atoms with Gasteiger partial charge in [-0.25, -0.2) is 0 Å². The van der Waals surface area contributed by atoms with E-state index in [9.17, 15) is 0 Å². The van der Waals surface area contributed by atoms with Crippen LogP contribution in [0.5, 0.6) is 0 Å². The van der Waals surface area contributed by atoms with Gasteiger partial charge < -0.3 is 14.8 Å². The van der Waals surface area contributed by atoms with Crippen molar-refractivity contribution < 1.29 is 9.47 Å². The summed E-state index contributed by atoms with van der Waals surface area (Å²) in [6, 6.07) is 2.20. The van der Waals surface area contributed by atoms with Gasteiger partial charge in [-0.1, -0.05) is 6.92 Å². The van der Waals surface area contributed by atoms with Gasteiger partial charge in [-0.05, 0) is 28.9 Å². The summed E-state index contributed by atoms with van der Waals surface area (Å²) < 4.78 is 10.5. The number of thiophene rings is 1. The Balaban J connectivity index is 2.72. The van der Waals surface area contributed by atoms with Crippen LogP contribution in [0.1, 0.15) is 18.5 Å². The third-order valence-electron chi connectivity index (χ3n) is 2.06. The zero-order valence-corrected chi connectivity index (χ0v) is 9.64. The molecule has 0 aromatic carbocycles. The predicted molar refractivity (Wildman–Crippen MR) is 58.5 cm³/mol. The van der Waals surface area contributed by atoms with Gasteiger partial charge in [-0.2, -0.15) is 11.3 Å². The zero-order valence-electron chi connectivity index (χ0n) is 8.82. The van der Waals surface area contributed by atoms with Gasteiger partial charge in [0.05, 0.1) is 6.04 Å². The maximum Gasteiger partial charge on any atom is 0.176 e. The molecule has 4 heteroatoms. The number of nitrogens with one attached hydrogen (secondary N) is 1. The zero-order chi connectivity index (χ0) is 10.4. The standard InChI is InChI=1S/C10H17NO2S/c1-4-11-9(10(12-2)13-3)8-5-6-14-7-8/h5-7,9-11H,4H2,1-3H3. The van der Waals surface area contributed by atoms with Crippen LogP contribution in [0.15, 0.2) is 16.8 Å². The topological polar surface area (TPSA) is 30.5 Å². The van der Waals surface area contributed by atoms with Gasteiger partial charge >= 0.3 is 0 Å². The van der Waals surface area contributed by atoms with Crippen molar-refractivity contribution in [3.8, 4) is 0 Å². The highest BCUT2D eigenvalue weighted by atomic mass is 32.1. The molecule has 80 valence electrons. The lowest BCUT2D eigenvalue weighted by Crippen LogP contribution is -2.34. The Morgan fingerprint density at radius 3 is 2.57 bits per heavy atom. The molecule has 0 saturated heterocycles.